The van der Waals surface area contributed by atoms with E-state index in [1.54, 1.807) is 43.3 Å². The third-order valence-electron chi connectivity index (χ3n) is 2.81. The first kappa shape index (κ1) is 13.9. The quantitative estimate of drug-likeness (QED) is 0.882. The second-order valence-corrected chi connectivity index (χ2v) is 4.50. The molecule has 0 unspecified atom stereocenters. The number of aromatic nitrogens is 2. The van der Waals surface area contributed by atoms with E-state index in [0.29, 0.717) is 23.7 Å². The van der Waals surface area contributed by atoms with Gasteiger partial charge in [-0.1, -0.05) is 12.1 Å². The summed E-state index contributed by atoms with van der Waals surface area (Å²) in [5.41, 5.74) is 6.73. The zero-order chi connectivity index (χ0) is 14.7. The van der Waals surface area contributed by atoms with Crippen molar-refractivity contribution in [2.75, 3.05) is 31.3 Å². The summed E-state index contributed by atoms with van der Waals surface area (Å²) >= 11 is 0. The number of benzene rings is 1. The maximum absolute atomic E-state index is 12.1. The van der Waals surface area contributed by atoms with E-state index < -0.39 is 0 Å². The molecule has 0 aliphatic heterocycles. The molecule has 3 N–H and O–H groups in total. The van der Waals surface area contributed by atoms with E-state index in [4.69, 9.17) is 10.5 Å². The molecule has 20 heavy (non-hydrogen) atoms. The fourth-order valence-electron chi connectivity index (χ4n) is 1.85. The first-order valence-corrected chi connectivity index (χ1v) is 6.33. The maximum Gasteiger partial charge on any atom is 0.262 e. The van der Waals surface area contributed by atoms with Gasteiger partial charge in [0.1, 0.15) is 11.6 Å². The summed E-state index contributed by atoms with van der Waals surface area (Å²) in [5.74, 6) is 1.40. The van der Waals surface area contributed by atoms with Gasteiger partial charge in [-0.25, -0.2) is 0 Å². The van der Waals surface area contributed by atoms with Crippen LogP contribution in [0.5, 0.6) is 5.75 Å². The molecule has 0 bridgehead atoms. The zero-order valence-electron chi connectivity index (χ0n) is 11.8. The maximum atomic E-state index is 12.1. The summed E-state index contributed by atoms with van der Waals surface area (Å²) in [6.07, 6.45) is 0. The molecule has 106 valence electrons. The smallest absolute Gasteiger partial charge is 0.262 e. The highest BCUT2D eigenvalue weighted by molar-refractivity contribution is 5.73. The van der Waals surface area contributed by atoms with Crippen molar-refractivity contribution in [2.24, 2.45) is 0 Å². The van der Waals surface area contributed by atoms with Gasteiger partial charge in [-0.2, -0.15) is 4.98 Å². The van der Waals surface area contributed by atoms with Crippen molar-refractivity contribution >= 4 is 11.8 Å². The highest BCUT2D eigenvalue weighted by atomic mass is 16.5. The lowest BCUT2D eigenvalue weighted by molar-refractivity contribution is 0.340. The van der Waals surface area contributed by atoms with Crippen molar-refractivity contribution in [3.05, 3.63) is 34.6 Å². The molecule has 6 heteroatoms. The molecular weight excluding hydrogens is 256 g/mol. The predicted molar refractivity (Wildman–Crippen MR) is 80.2 cm³/mol. The number of aromatic amines is 1. The van der Waals surface area contributed by atoms with Crippen LogP contribution in [0.4, 0.5) is 11.8 Å². The van der Waals surface area contributed by atoms with Crippen LogP contribution in [0.15, 0.2) is 29.1 Å². The number of rotatable bonds is 4. The minimum Gasteiger partial charge on any atom is -0.494 e. The summed E-state index contributed by atoms with van der Waals surface area (Å²) in [6.45, 7) is 2.52. The van der Waals surface area contributed by atoms with E-state index in [2.05, 4.69) is 9.97 Å². The Morgan fingerprint density at radius 3 is 2.45 bits per heavy atom. The van der Waals surface area contributed by atoms with Gasteiger partial charge in [0.25, 0.3) is 5.56 Å². The van der Waals surface area contributed by atoms with Crippen LogP contribution in [-0.4, -0.2) is 30.7 Å². The molecule has 0 radical (unpaired) electrons. The van der Waals surface area contributed by atoms with Crippen molar-refractivity contribution in [3.63, 3.8) is 0 Å². The monoisotopic (exact) mass is 274 g/mol. The summed E-state index contributed by atoms with van der Waals surface area (Å²) in [6, 6.07) is 7.20. The first-order chi connectivity index (χ1) is 9.52. The van der Waals surface area contributed by atoms with E-state index >= 15 is 0 Å². The topological polar surface area (TPSA) is 84.2 Å². The highest BCUT2D eigenvalue weighted by Crippen LogP contribution is 2.23. The molecular formula is C14H18N4O2. The number of nitrogens with zero attached hydrogens (tertiary/aromatic N) is 2. The van der Waals surface area contributed by atoms with E-state index in [1.807, 2.05) is 6.92 Å². The molecule has 2 rings (SSSR count). The third-order valence-corrected chi connectivity index (χ3v) is 2.81. The Balaban J connectivity index is 2.45. The second-order valence-electron chi connectivity index (χ2n) is 4.50. The van der Waals surface area contributed by atoms with Gasteiger partial charge in [0, 0.05) is 14.1 Å². The lowest BCUT2D eigenvalue weighted by Crippen LogP contribution is -2.21. The van der Waals surface area contributed by atoms with Gasteiger partial charge in [-0.3, -0.25) is 9.78 Å². The molecule has 1 heterocycles. The first-order valence-electron chi connectivity index (χ1n) is 6.33. The molecule has 0 aliphatic rings. The van der Waals surface area contributed by atoms with E-state index in [9.17, 15) is 4.79 Å². The van der Waals surface area contributed by atoms with Crippen molar-refractivity contribution < 1.29 is 4.74 Å². The van der Waals surface area contributed by atoms with E-state index in [-0.39, 0.29) is 11.4 Å². The molecule has 0 fully saturated rings. The molecule has 0 saturated heterocycles. The van der Waals surface area contributed by atoms with E-state index in [0.717, 1.165) is 5.75 Å². The largest absolute Gasteiger partial charge is 0.494 e. The SMILES string of the molecule is CCOc1ccc(-c2c(N)nc(N(C)C)[nH]c2=O)cc1. The summed E-state index contributed by atoms with van der Waals surface area (Å²) < 4.78 is 5.37. The van der Waals surface area contributed by atoms with Crippen molar-refractivity contribution in [1.29, 1.82) is 0 Å². The number of hydrogen-bond donors (Lipinski definition) is 2. The number of hydrogen-bond acceptors (Lipinski definition) is 5. The van der Waals surface area contributed by atoms with Gasteiger partial charge < -0.3 is 15.4 Å². The van der Waals surface area contributed by atoms with E-state index in [1.165, 1.54) is 0 Å². The molecule has 0 aliphatic carbocycles. The fraction of sp³-hybridized carbons (Fsp3) is 0.286. The minimum atomic E-state index is -0.259. The Morgan fingerprint density at radius 2 is 1.95 bits per heavy atom. The number of anilines is 2. The highest BCUT2D eigenvalue weighted by Gasteiger charge is 2.12. The van der Waals surface area contributed by atoms with Crippen molar-refractivity contribution in [1.82, 2.24) is 9.97 Å². The molecule has 0 amide bonds. The van der Waals surface area contributed by atoms with Gasteiger partial charge >= 0.3 is 0 Å². The molecule has 1 aromatic carbocycles. The molecule has 6 nitrogen and oxygen atoms in total. The Bertz CT molecular complexity index is 647. The zero-order valence-corrected chi connectivity index (χ0v) is 11.8. The third kappa shape index (κ3) is 2.74. The Kier molecular flexibility index (Phi) is 3.93. The Labute approximate surface area is 117 Å². The number of ether oxygens (including phenoxy) is 1. The van der Waals surface area contributed by atoms with Crippen molar-refractivity contribution in [3.8, 4) is 16.9 Å². The summed E-state index contributed by atoms with van der Waals surface area (Å²) in [5, 5.41) is 0. The number of H-pyrrole nitrogens is 1. The Hall–Kier alpha value is -2.50. The van der Waals surface area contributed by atoms with Crippen LogP contribution in [-0.2, 0) is 0 Å². The molecule has 0 spiro atoms. The average Bonchev–Trinajstić information content (AvgIpc) is 2.40. The standard InChI is InChI=1S/C14H18N4O2/c1-4-20-10-7-5-9(6-8-10)11-12(15)16-14(18(2)3)17-13(11)19/h5-8H,4H2,1-3H3,(H3,15,16,17,19). The minimum absolute atomic E-state index is 0.210. The molecule has 0 atom stereocenters. The summed E-state index contributed by atoms with van der Waals surface area (Å²) in [7, 11) is 3.57. The number of nitrogens with two attached hydrogens (primary N) is 1. The fourth-order valence-corrected chi connectivity index (χ4v) is 1.85. The van der Waals surface area contributed by atoms with Crippen LogP contribution in [0.3, 0.4) is 0 Å². The normalized spacial score (nSPS) is 10.3. The van der Waals surface area contributed by atoms with Crippen LogP contribution in [0, 0.1) is 0 Å². The predicted octanol–water partition coefficient (Wildman–Crippen LogP) is 1.48. The van der Waals surface area contributed by atoms with Gasteiger partial charge in [0.2, 0.25) is 5.95 Å². The molecule has 2 aromatic rings. The van der Waals surface area contributed by atoms with Crippen LogP contribution >= 0.6 is 0 Å². The van der Waals surface area contributed by atoms with Crippen LogP contribution in [0.25, 0.3) is 11.1 Å². The van der Waals surface area contributed by atoms with Crippen molar-refractivity contribution in [2.45, 2.75) is 6.92 Å². The van der Waals surface area contributed by atoms with Gasteiger partial charge in [0.05, 0.1) is 12.2 Å². The molecule has 1 aromatic heterocycles. The van der Waals surface area contributed by atoms with Gasteiger partial charge in [-0.05, 0) is 24.6 Å². The number of nitrogens with one attached hydrogen (secondary N) is 1. The lowest BCUT2D eigenvalue weighted by Gasteiger charge is -2.13. The van der Waals surface area contributed by atoms with Gasteiger partial charge in [-0.15, -0.1) is 0 Å². The average molecular weight is 274 g/mol. The lowest BCUT2D eigenvalue weighted by atomic mass is 10.1. The number of nitrogen functional groups attached to an aromatic ring is 1. The second kappa shape index (κ2) is 5.64. The van der Waals surface area contributed by atoms with Crippen LogP contribution in [0.2, 0.25) is 0 Å². The van der Waals surface area contributed by atoms with Crippen LogP contribution < -0.4 is 20.9 Å². The summed E-state index contributed by atoms with van der Waals surface area (Å²) in [4.78, 5) is 20.7. The molecule has 0 saturated carbocycles. The van der Waals surface area contributed by atoms with Crippen LogP contribution in [0.1, 0.15) is 6.92 Å². The van der Waals surface area contributed by atoms with Gasteiger partial charge in [0.15, 0.2) is 0 Å². The Morgan fingerprint density at radius 1 is 1.30 bits per heavy atom.